The minimum atomic E-state index is -0.996. The Morgan fingerprint density at radius 3 is 2.50 bits per heavy atom. The molecule has 0 saturated carbocycles. The third-order valence-corrected chi connectivity index (χ3v) is 3.73. The predicted molar refractivity (Wildman–Crippen MR) is 58.1 cm³/mol. The lowest BCUT2D eigenvalue weighted by atomic mass is 10.1. The van der Waals surface area contributed by atoms with Gasteiger partial charge in [0, 0.05) is 16.2 Å². The Balaban J connectivity index is 2.91. The first-order valence-electron chi connectivity index (χ1n) is 4.16. The molecule has 1 atom stereocenters. The van der Waals surface area contributed by atoms with Gasteiger partial charge in [0.05, 0.1) is 5.02 Å². The SMILES string of the molecule is Cc1sc(C)c(CC(N)C(=O)O)c1Cl. The predicted octanol–water partition coefficient (Wildman–Crippen LogP) is 1.97. The van der Waals surface area contributed by atoms with Crippen molar-refractivity contribution in [2.24, 2.45) is 5.73 Å². The van der Waals surface area contributed by atoms with Crippen molar-refractivity contribution in [2.75, 3.05) is 0 Å². The molecule has 5 heteroatoms. The summed E-state index contributed by atoms with van der Waals surface area (Å²) in [5.41, 5.74) is 6.31. The molecule has 0 fully saturated rings. The van der Waals surface area contributed by atoms with Crippen LogP contribution in [0.5, 0.6) is 0 Å². The lowest BCUT2D eigenvalue weighted by Gasteiger charge is -2.06. The molecule has 0 aliphatic carbocycles. The van der Waals surface area contributed by atoms with E-state index in [0.29, 0.717) is 11.4 Å². The number of hydrogen-bond donors (Lipinski definition) is 2. The maximum atomic E-state index is 10.6. The average molecular weight is 234 g/mol. The van der Waals surface area contributed by atoms with Crippen LogP contribution in [0.1, 0.15) is 15.3 Å². The monoisotopic (exact) mass is 233 g/mol. The van der Waals surface area contributed by atoms with Gasteiger partial charge >= 0.3 is 5.97 Å². The highest BCUT2D eigenvalue weighted by Crippen LogP contribution is 2.32. The standard InChI is InChI=1S/C9H12ClNO2S/c1-4-6(3-7(11)9(12)13)8(10)5(2)14-4/h7H,3,11H2,1-2H3,(H,12,13). The summed E-state index contributed by atoms with van der Waals surface area (Å²) in [6.07, 6.45) is 0.296. The molecule has 1 heterocycles. The molecule has 0 amide bonds. The fraction of sp³-hybridized carbons (Fsp3) is 0.444. The van der Waals surface area contributed by atoms with E-state index in [1.807, 2.05) is 13.8 Å². The molecule has 1 aromatic rings. The van der Waals surface area contributed by atoms with E-state index in [9.17, 15) is 4.79 Å². The van der Waals surface area contributed by atoms with E-state index in [-0.39, 0.29) is 0 Å². The molecular formula is C9H12ClNO2S. The molecule has 1 unspecified atom stereocenters. The molecule has 0 bridgehead atoms. The van der Waals surface area contributed by atoms with Gasteiger partial charge in [-0.25, -0.2) is 0 Å². The Kier molecular flexibility index (Phi) is 3.53. The molecule has 3 nitrogen and oxygen atoms in total. The van der Waals surface area contributed by atoms with Crippen molar-refractivity contribution < 1.29 is 9.90 Å². The van der Waals surface area contributed by atoms with Gasteiger partial charge < -0.3 is 10.8 Å². The zero-order chi connectivity index (χ0) is 10.9. The fourth-order valence-corrected chi connectivity index (χ4v) is 2.61. The molecule has 0 aromatic carbocycles. The summed E-state index contributed by atoms with van der Waals surface area (Å²) < 4.78 is 0. The number of hydrogen-bond acceptors (Lipinski definition) is 3. The van der Waals surface area contributed by atoms with Gasteiger partial charge in [-0.05, 0) is 19.4 Å². The molecule has 0 spiro atoms. The topological polar surface area (TPSA) is 63.3 Å². The van der Waals surface area contributed by atoms with Crippen molar-refractivity contribution in [3.8, 4) is 0 Å². The maximum absolute atomic E-state index is 10.6. The Morgan fingerprint density at radius 1 is 1.57 bits per heavy atom. The Hall–Kier alpha value is -0.580. The second-order valence-corrected chi connectivity index (χ2v) is 4.96. The Morgan fingerprint density at radius 2 is 2.14 bits per heavy atom. The van der Waals surface area contributed by atoms with E-state index in [1.165, 1.54) is 0 Å². The highest BCUT2D eigenvalue weighted by Gasteiger charge is 2.18. The Labute approximate surface area is 91.5 Å². The van der Waals surface area contributed by atoms with Crippen molar-refractivity contribution in [1.82, 2.24) is 0 Å². The second kappa shape index (κ2) is 4.29. The minimum Gasteiger partial charge on any atom is -0.480 e. The number of carboxylic acid groups (broad SMARTS) is 1. The number of thiophene rings is 1. The molecule has 14 heavy (non-hydrogen) atoms. The number of aliphatic carboxylic acids is 1. The Bertz CT molecular complexity index is 362. The van der Waals surface area contributed by atoms with Crippen LogP contribution in [0, 0.1) is 13.8 Å². The number of rotatable bonds is 3. The van der Waals surface area contributed by atoms with Crippen molar-refractivity contribution >= 4 is 28.9 Å². The lowest BCUT2D eigenvalue weighted by molar-refractivity contribution is -0.138. The van der Waals surface area contributed by atoms with Crippen molar-refractivity contribution in [2.45, 2.75) is 26.3 Å². The number of nitrogens with two attached hydrogens (primary N) is 1. The summed E-state index contributed by atoms with van der Waals surface area (Å²) in [6.45, 7) is 3.84. The number of halogens is 1. The van der Waals surface area contributed by atoms with E-state index in [1.54, 1.807) is 11.3 Å². The normalized spacial score (nSPS) is 12.9. The zero-order valence-corrected chi connectivity index (χ0v) is 9.58. The van der Waals surface area contributed by atoms with Crippen molar-refractivity contribution in [3.63, 3.8) is 0 Å². The average Bonchev–Trinajstić information content (AvgIpc) is 2.32. The maximum Gasteiger partial charge on any atom is 0.320 e. The van der Waals surface area contributed by atoms with Gasteiger partial charge in [0.25, 0.3) is 0 Å². The van der Waals surface area contributed by atoms with Gasteiger partial charge in [0.1, 0.15) is 6.04 Å². The molecule has 1 aromatic heterocycles. The summed E-state index contributed by atoms with van der Waals surface area (Å²) in [5.74, 6) is -0.996. The molecule has 3 N–H and O–H groups in total. The number of carboxylic acids is 1. The van der Waals surface area contributed by atoms with E-state index >= 15 is 0 Å². The van der Waals surface area contributed by atoms with Crippen LogP contribution in [-0.2, 0) is 11.2 Å². The van der Waals surface area contributed by atoms with Crippen LogP contribution in [0.3, 0.4) is 0 Å². The largest absolute Gasteiger partial charge is 0.480 e. The lowest BCUT2D eigenvalue weighted by Crippen LogP contribution is -2.32. The van der Waals surface area contributed by atoms with Gasteiger partial charge in [0.2, 0.25) is 0 Å². The van der Waals surface area contributed by atoms with Crippen LogP contribution in [0.25, 0.3) is 0 Å². The molecule has 1 rings (SSSR count). The molecular weight excluding hydrogens is 222 g/mol. The first kappa shape index (κ1) is 11.5. The van der Waals surface area contributed by atoms with E-state index in [0.717, 1.165) is 15.3 Å². The van der Waals surface area contributed by atoms with E-state index < -0.39 is 12.0 Å². The third-order valence-electron chi connectivity index (χ3n) is 2.05. The summed E-state index contributed by atoms with van der Waals surface area (Å²) in [5, 5.41) is 9.32. The van der Waals surface area contributed by atoms with Gasteiger partial charge in [-0.2, -0.15) is 0 Å². The first-order valence-corrected chi connectivity index (χ1v) is 5.35. The second-order valence-electron chi connectivity index (χ2n) is 3.16. The van der Waals surface area contributed by atoms with Gasteiger partial charge in [-0.1, -0.05) is 11.6 Å². The van der Waals surface area contributed by atoms with Crippen LogP contribution < -0.4 is 5.73 Å². The first-order chi connectivity index (χ1) is 6.43. The van der Waals surface area contributed by atoms with Crippen LogP contribution in [-0.4, -0.2) is 17.1 Å². The molecule has 0 radical (unpaired) electrons. The number of carbonyl (C=O) groups is 1. The van der Waals surface area contributed by atoms with Crippen LogP contribution in [0.4, 0.5) is 0 Å². The van der Waals surface area contributed by atoms with Crippen LogP contribution in [0.15, 0.2) is 0 Å². The molecule has 78 valence electrons. The van der Waals surface area contributed by atoms with Crippen molar-refractivity contribution in [3.05, 3.63) is 20.3 Å². The summed E-state index contributed by atoms with van der Waals surface area (Å²) in [7, 11) is 0. The highest BCUT2D eigenvalue weighted by molar-refractivity contribution is 7.12. The fourth-order valence-electron chi connectivity index (χ4n) is 1.24. The minimum absolute atomic E-state index is 0.296. The van der Waals surface area contributed by atoms with E-state index in [2.05, 4.69) is 0 Å². The van der Waals surface area contributed by atoms with Crippen LogP contribution >= 0.6 is 22.9 Å². The zero-order valence-electron chi connectivity index (χ0n) is 8.00. The summed E-state index contributed by atoms with van der Waals surface area (Å²) >= 11 is 7.59. The summed E-state index contributed by atoms with van der Waals surface area (Å²) in [4.78, 5) is 12.6. The molecule has 0 saturated heterocycles. The molecule has 0 aliphatic heterocycles. The van der Waals surface area contributed by atoms with Gasteiger partial charge in [-0.3, -0.25) is 4.79 Å². The van der Waals surface area contributed by atoms with Gasteiger partial charge in [0.15, 0.2) is 0 Å². The molecule has 0 aliphatic rings. The third kappa shape index (κ3) is 2.26. The number of aryl methyl sites for hydroxylation is 2. The smallest absolute Gasteiger partial charge is 0.320 e. The van der Waals surface area contributed by atoms with Crippen LogP contribution in [0.2, 0.25) is 5.02 Å². The van der Waals surface area contributed by atoms with Crippen molar-refractivity contribution in [1.29, 1.82) is 0 Å². The van der Waals surface area contributed by atoms with E-state index in [4.69, 9.17) is 22.4 Å². The summed E-state index contributed by atoms with van der Waals surface area (Å²) in [6, 6.07) is -0.875. The highest BCUT2D eigenvalue weighted by atomic mass is 35.5. The quantitative estimate of drug-likeness (QED) is 0.839. The van der Waals surface area contributed by atoms with Gasteiger partial charge in [-0.15, -0.1) is 11.3 Å².